The molecule has 3 heterocycles. The Balaban J connectivity index is 1.58. The SMILES string of the molecule is CC(C)CCn1c(SCC(=O)NC(C)c2ccco2)nc2sc3c(c2c1=O)CCCC3. The molecule has 0 bridgehead atoms. The molecule has 0 aromatic carbocycles. The van der Waals surface area contributed by atoms with Gasteiger partial charge in [0.05, 0.1) is 23.4 Å². The first-order valence-corrected chi connectivity index (χ1v) is 12.7. The normalized spacial score (nSPS) is 14.7. The highest BCUT2D eigenvalue weighted by molar-refractivity contribution is 7.99. The first-order valence-electron chi connectivity index (χ1n) is 10.9. The average molecular weight is 460 g/mol. The molecule has 0 saturated carbocycles. The van der Waals surface area contributed by atoms with Gasteiger partial charge in [-0.3, -0.25) is 14.2 Å². The monoisotopic (exact) mass is 459 g/mol. The van der Waals surface area contributed by atoms with Crippen LogP contribution < -0.4 is 10.9 Å². The van der Waals surface area contributed by atoms with Crippen molar-refractivity contribution in [2.45, 2.75) is 70.6 Å². The number of carbonyl (C=O) groups is 1. The Morgan fingerprint density at radius 3 is 2.87 bits per heavy atom. The van der Waals surface area contributed by atoms with Crippen LogP contribution in [-0.4, -0.2) is 21.2 Å². The molecule has 1 aliphatic carbocycles. The molecular weight excluding hydrogens is 430 g/mol. The number of aromatic nitrogens is 2. The van der Waals surface area contributed by atoms with E-state index in [-0.39, 0.29) is 23.3 Å². The van der Waals surface area contributed by atoms with Gasteiger partial charge in [0.1, 0.15) is 10.6 Å². The number of hydrogen-bond donors (Lipinski definition) is 1. The van der Waals surface area contributed by atoms with Crippen LogP contribution in [0, 0.1) is 5.92 Å². The van der Waals surface area contributed by atoms with E-state index in [0.29, 0.717) is 17.6 Å². The molecule has 0 spiro atoms. The van der Waals surface area contributed by atoms with E-state index in [9.17, 15) is 9.59 Å². The van der Waals surface area contributed by atoms with Crippen LogP contribution in [0.4, 0.5) is 0 Å². The average Bonchev–Trinajstić information content (AvgIpc) is 3.39. The molecule has 1 N–H and O–H groups in total. The van der Waals surface area contributed by atoms with Crippen molar-refractivity contribution in [3.05, 3.63) is 45.0 Å². The third kappa shape index (κ3) is 4.90. The van der Waals surface area contributed by atoms with Gasteiger partial charge in [0.2, 0.25) is 5.91 Å². The summed E-state index contributed by atoms with van der Waals surface area (Å²) in [5, 5.41) is 4.39. The number of rotatable bonds is 8. The van der Waals surface area contributed by atoms with Gasteiger partial charge in [-0.25, -0.2) is 4.98 Å². The molecular formula is C23H29N3O3S2. The van der Waals surface area contributed by atoms with Crippen LogP contribution in [0.1, 0.15) is 62.3 Å². The van der Waals surface area contributed by atoms with Gasteiger partial charge in [-0.2, -0.15) is 0 Å². The molecule has 0 fully saturated rings. The van der Waals surface area contributed by atoms with E-state index in [1.54, 1.807) is 28.2 Å². The van der Waals surface area contributed by atoms with Crippen LogP contribution in [-0.2, 0) is 24.2 Å². The second-order valence-electron chi connectivity index (χ2n) is 8.52. The van der Waals surface area contributed by atoms with Crippen molar-refractivity contribution in [3.8, 4) is 0 Å². The summed E-state index contributed by atoms with van der Waals surface area (Å²) in [6, 6.07) is 3.45. The summed E-state index contributed by atoms with van der Waals surface area (Å²) in [5.41, 5.74) is 1.26. The molecule has 0 saturated heterocycles. The zero-order chi connectivity index (χ0) is 22.0. The second kappa shape index (κ2) is 9.61. The van der Waals surface area contributed by atoms with E-state index in [2.05, 4.69) is 19.2 Å². The van der Waals surface area contributed by atoms with Gasteiger partial charge in [0.25, 0.3) is 5.56 Å². The fourth-order valence-electron chi connectivity index (χ4n) is 3.94. The number of furan rings is 1. The van der Waals surface area contributed by atoms with Crippen LogP contribution in [0.15, 0.2) is 32.8 Å². The first-order chi connectivity index (χ1) is 14.9. The van der Waals surface area contributed by atoms with Crippen molar-refractivity contribution < 1.29 is 9.21 Å². The minimum atomic E-state index is -0.203. The van der Waals surface area contributed by atoms with Crippen LogP contribution in [0.3, 0.4) is 0 Å². The van der Waals surface area contributed by atoms with E-state index in [1.165, 1.54) is 28.6 Å². The molecule has 1 aliphatic rings. The molecule has 0 radical (unpaired) electrons. The van der Waals surface area contributed by atoms with Crippen molar-refractivity contribution in [2.24, 2.45) is 5.92 Å². The van der Waals surface area contributed by atoms with Crippen molar-refractivity contribution >= 4 is 39.2 Å². The molecule has 1 atom stereocenters. The quantitative estimate of drug-likeness (QED) is 0.381. The lowest BCUT2D eigenvalue weighted by molar-refractivity contribution is -0.119. The first kappa shape index (κ1) is 22.1. The summed E-state index contributed by atoms with van der Waals surface area (Å²) in [4.78, 5) is 33.0. The lowest BCUT2D eigenvalue weighted by atomic mass is 9.97. The van der Waals surface area contributed by atoms with E-state index in [0.717, 1.165) is 41.7 Å². The summed E-state index contributed by atoms with van der Waals surface area (Å²) < 4.78 is 7.15. The Kier molecular flexibility index (Phi) is 6.86. The highest BCUT2D eigenvalue weighted by Gasteiger charge is 2.23. The number of amides is 1. The number of aryl methyl sites for hydroxylation is 2. The molecule has 1 unspecified atom stereocenters. The highest BCUT2D eigenvalue weighted by Crippen LogP contribution is 2.34. The van der Waals surface area contributed by atoms with Crippen molar-refractivity contribution in [1.29, 1.82) is 0 Å². The fraction of sp³-hybridized carbons (Fsp3) is 0.522. The standard InChI is InChI=1S/C23H29N3O3S2/c1-14(2)10-11-26-22(28)20-16-7-4-5-9-18(16)31-21(20)25-23(26)30-13-19(27)24-15(3)17-8-6-12-29-17/h6,8,12,14-15H,4-5,7,9-11,13H2,1-3H3,(H,24,27). The number of carbonyl (C=O) groups excluding carboxylic acids is 1. The molecule has 3 aromatic rings. The number of nitrogens with zero attached hydrogens (tertiary/aromatic N) is 2. The topological polar surface area (TPSA) is 77.1 Å². The Hall–Kier alpha value is -2.06. The summed E-state index contributed by atoms with van der Waals surface area (Å²) in [6.07, 6.45) is 6.81. The molecule has 166 valence electrons. The van der Waals surface area contributed by atoms with Crippen molar-refractivity contribution in [2.75, 3.05) is 5.75 Å². The predicted octanol–water partition coefficient (Wildman–Crippen LogP) is 4.95. The Labute approximate surface area is 190 Å². The molecule has 6 nitrogen and oxygen atoms in total. The van der Waals surface area contributed by atoms with E-state index in [1.807, 2.05) is 13.0 Å². The predicted molar refractivity (Wildman–Crippen MR) is 126 cm³/mol. The maximum Gasteiger partial charge on any atom is 0.263 e. The van der Waals surface area contributed by atoms with E-state index < -0.39 is 0 Å². The van der Waals surface area contributed by atoms with Gasteiger partial charge in [0.15, 0.2) is 5.16 Å². The van der Waals surface area contributed by atoms with Gasteiger partial charge in [0, 0.05) is 11.4 Å². The van der Waals surface area contributed by atoms with Gasteiger partial charge >= 0.3 is 0 Å². The minimum absolute atomic E-state index is 0.0527. The van der Waals surface area contributed by atoms with Crippen LogP contribution >= 0.6 is 23.1 Å². The summed E-state index contributed by atoms with van der Waals surface area (Å²) in [7, 11) is 0. The number of fused-ring (bicyclic) bond motifs is 3. The largest absolute Gasteiger partial charge is 0.467 e. The summed E-state index contributed by atoms with van der Waals surface area (Å²) in [6.45, 7) is 6.82. The maximum atomic E-state index is 13.5. The Morgan fingerprint density at radius 2 is 2.13 bits per heavy atom. The summed E-state index contributed by atoms with van der Waals surface area (Å²) in [5.74, 6) is 1.30. The molecule has 31 heavy (non-hydrogen) atoms. The highest BCUT2D eigenvalue weighted by atomic mass is 32.2. The fourth-order valence-corrected chi connectivity index (χ4v) is 6.08. The van der Waals surface area contributed by atoms with Gasteiger partial charge in [-0.1, -0.05) is 25.6 Å². The van der Waals surface area contributed by atoms with E-state index in [4.69, 9.17) is 9.40 Å². The van der Waals surface area contributed by atoms with Crippen molar-refractivity contribution in [3.63, 3.8) is 0 Å². The number of thiophene rings is 1. The molecule has 1 amide bonds. The summed E-state index contributed by atoms with van der Waals surface area (Å²) >= 11 is 2.99. The van der Waals surface area contributed by atoms with Crippen LogP contribution in [0.5, 0.6) is 0 Å². The number of hydrogen-bond acceptors (Lipinski definition) is 6. The molecule has 0 aliphatic heterocycles. The lowest BCUT2D eigenvalue weighted by Gasteiger charge is -2.15. The lowest BCUT2D eigenvalue weighted by Crippen LogP contribution is -2.29. The number of nitrogens with one attached hydrogen (secondary N) is 1. The van der Waals surface area contributed by atoms with Crippen LogP contribution in [0.25, 0.3) is 10.2 Å². The molecule has 8 heteroatoms. The minimum Gasteiger partial charge on any atom is -0.467 e. The third-order valence-corrected chi connectivity index (χ3v) is 7.81. The third-order valence-electron chi connectivity index (χ3n) is 5.65. The van der Waals surface area contributed by atoms with Gasteiger partial charge in [-0.15, -0.1) is 11.3 Å². The zero-order valence-corrected chi connectivity index (χ0v) is 19.9. The smallest absolute Gasteiger partial charge is 0.263 e. The van der Waals surface area contributed by atoms with E-state index >= 15 is 0 Å². The second-order valence-corrected chi connectivity index (χ2v) is 10.5. The van der Waals surface area contributed by atoms with Gasteiger partial charge in [-0.05, 0) is 62.6 Å². The Morgan fingerprint density at radius 1 is 1.32 bits per heavy atom. The van der Waals surface area contributed by atoms with Crippen LogP contribution in [0.2, 0.25) is 0 Å². The van der Waals surface area contributed by atoms with Gasteiger partial charge < -0.3 is 9.73 Å². The van der Waals surface area contributed by atoms with Crippen molar-refractivity contribution in [1.82, 2.24) is 14.9 Å². The maximum absolute atomic E-state index is 13.5. The number of thioether (sulfide) groups is 1. The Bertz CT molecular complexity index is 1120. The zero-order valence-electron chi connectivity index (χ0n) is 18.3. The molecule has 3 aromatic heterocycles. The molecule has 4 rings (SSSR count).